The van der Waals surface area contributed by atoms with Crippen LogP contribution in [0.5, 0.6) is 0 Å². The van der Waals surface area contributed by atoms with Gasteiger partial charge in [-0.1, -0.05) is 60.3 Å². The van der Waals surface area contributed by atoms with Crippen LogP contribution in [0.4, 0.5) is 0 Å². The zero-order valence-corrected chi connectivity index (χ0v) is 15.9. The van der Waals surface area contributed by atoms with Gasteiger partial charge in [-0.3, -0.25) is 9.98 Å². The fraction of sp³-hybridized carbons (Fsp3) is 0.143. The van der Waals surface area contributed by atoms with E-state index in [1.165, 1.54) is 0 Å². The first-order valence-electron chi connectivity index (χ1n) is 8.55. The first-order valence-corrected chi connectivity index (χ1v) is 9.37. The molecule has 0 saturated carbocycles. The molecule has 5 nitrogen and oxygen atoms in total. The fourth-order valence-corrected chi connectivity index (χ4v) is 3.48. The molecule has 0 aliphatic heterocycles. The van der Waals surface area contributed by atoms with E-state index in [4.69, 9.17) is 15.9 Å². The normalized spacial score (nSPS) is 12.7. The Kier molecular flexibility index (Phi) is 6.46. The summed E-state index contributed by atoms with van der Waals surface area (Å²) < 4.78 is 6.90. The van der Waals surface area contributed by atoms with Crippen LogP contribution in [0.2, 0.25) is 0 Å². The van der Waals surface area contributed by atoms with Crippen molar-refractivity contribution in [2.75, 3.05) is 13.7 Å². The summed E-state index contributed by atoms with van der Waals surface area (Å²) in [6.07, 6.45) is 1.84. The highest BCUT2D eigenvalue weighted by Crippen LogP contribution is 2.26. The van der Waals surface area contributed by atoms with Crippen LogP contribution in [-0.4, -0.2) is 24.2 Å². The van der Waals surface area contributed by atoms with Crippen LogP contribution >= 0.6 is 11.8 Å². The zero-order valence-electron chi connectivity index (χ0n) is 15.1. The highest BCUT2D eigenvalue weighted by Gasteiger charge is 2.11. The van der Waals surface area contributed by atoms with Gasteiger partial charge in [-0.2, -0.15) is 0 Å². The zero-order chi connectivity index (χ0) is 19.1. The van der Waals surface area contributed by atoms with E-state index < -0.39 is 0 Å². The highest BCUT2D eigenvalue weighted by molar-refractivity contribution is 7.99. The molecule has 3 N–H and O–H groups in total. The molecular weight excluding hydrogens is 356 g/mol. The number of aliphatic imine (C=N–C) groups is 1. The standard InChI is InChI=1S/C21H22N4OS/c1-26-15-19(16-8-4-2-5-9-16)24-21(23)25-14-18(12-13-20(25)22)27-17-10-6-3-7-11-17/h2-14,19,22H,15H2,1H3,(H2,23,24). The summed E-state index contributed by atoms with van der Waals surface area (Å²) in [5.41, 5.74) is 7.55. The number of hydrogen-bond acceptors (Lipinski definition) is 4. The van der Waals surface area contributed by atoms with Crippen molar-refractivity contribution in [2.45, 2.75) is 15.8 Å². The van der Waals surface area contributed by atoms with Gasteiger partial charge < -0.3 is 10.5 Å². The van der Waals surface area contributed by atoms with Gasteiger partial charge >= 0.3 is 0 Å². The van der Waals surface area contributed by atoms with Crippen molar-refractivity contribution >= 4 is 17.7 Å². The van der Waals surface area contributed by atoms with Crippen molar-refractivity contribution in [3.63, 3.8) is 0 Å². The monoisotopic (exact) mass is 378 g/mol. The van der Waals surface area contributed by atoms with E-state index in [0.717, 1.165) is 15.4 Å². The number of methoxy groups -OCH3 is 1. The molecule has 138 valence electrons. The second-order valence-electron chi connectivity index (χ2n) is 5.90. The van der Waals surface area contributed by atoms with Crippen LogP contribution in [0, 0.1) is 5.41 Å². The van der Waals surface area contributed by atoms with Gasteiger partial charge in [-0.15, -0.1) is 0 Å². The van der Waals surface area contributed by atoms with Crippen molar-refractivity contribution in [3.05, 3.63) is 90.0 Å². The van der Waals surface area contributed by atoms with Gasteiger partial charge in [0.05, 0.1) is 6.61 Å². The molecule has 0 bridgehead atoms. The van der Waals surface area contributed by atoms with E-state index in [0.29, 0.717) is 6.61 Å². The number of nitrogens with one attached hydrogen (secondary N) is 1. The van der Waals surface area contributed by atoms with Crippen LogP contribution in [0.15, 0.2) is 93.8 Å². The van der Waals surface area contributed by atoms with E-state index >= 15 is 0 Å². The van der Waals surface area contributed by atoms with E-state index in [1.54, 1.807) is 29.5 Å². The number of aromatic nitrogens is 1. The molecule has 1 unspecified atom stereocenters. The predicted molar refractivity (Wildman–Crippen MR) is 109 cm³/mol. The van der Waals surface area contributed by atoms with Crippen molar-refractivity contribution < 1.29 is 4.74 Å². The molecule has 2 aromatic carbocycles. The molecule has 1 aromatic heterocycles. The molecule has 27 heavy (non-hydrogen) atoms. The largest absolute Gasteiger partial charge is 0.382 e. The van der Waals surface area contributed by atoms with Gasteiger partial charge in [0.1, 0.15) is 11.5 Å². The van der Waals surface area contributed by atoms with Crippen LogP contribution < -0.4 is 11.2 Å². The molecular formula is C21H22N4OS. The van der Waals surface area contributed by atoms with Crippen LogP contribution in [0.3, 0.4) is 0 Å². The molecule has 1 heterocycles. The smallest absolute Gasteiger partial charge is 0.201 e. The molecule has 3 aromatic rings. The maximum Gasteiger partial charge on any atom is 0.201 e. The predicted octanol–water partition coefficient (Wildman–Crippen LogP) is 3.67. The average molecular weight is 379 g/mol. The topological polar surface area (TPSA) is 76.4 Å². The van der Waals surface area contributed by atoms with Crippen molar-refractivity contribution in [2.24, 2.45) is 10.7 Å². The molecule has 6 heteroatoms. The molecule has 0 saturated heterocycles. The molecule has 0 aliphatic rings. The van der Waals surface area contributed by atoms with Crippen molar-refractivity contribution in [1.29, 1.82) is 5.41 Å². The number of rotatable bonds is 6. The average Bonchev–Trinajstić information content (AvgIpc) is 2.70. The second-order valence-corrected chi connectivity index (χ2v) is 7.05. The summed E-state index contributed by atoms with van der Waals surface area (Å²) in [5.74, 6) is 0.265. The van der Waals surface area contributed by atoms with Crippen molar-refractivity contribution in [1.82, 2.24) is 4.57 Å². The lowest BCUT2D eigenvalue weighted by molar-refractivity contribution is 0.181. The molecule has 0 amide bonds. The summed E-state index contributed by atoms with van der Waals surface area (Å²) in [6, 6.07) is 23.4. The Morgan fingerprint density at radius 1 is 1.04 bits per heavy atom. The quantitative estimate of drug-likeness (QED) is 0.507. The van der Waals surface area contributed by atoms with Gasteiger partial charge in [0.15, 0.2) is 0 Å². The minimum absolute atomic E-state index is 0.228. The Bertz CT molecular complexity index is 955. The maximum atomic E-state index is 8.19. The maximum absolute atomic E-state index is 8.19. The minimum Gasteiger partial charge on any atom is -0.382 e. The number of ether oxygens (including phenoxy) is 1. The Morgan fingerprint density at radius 2 is 1.70 bits per heavy atom. The lowest BCUT2D eigenvalue weighted by atomic mass is 10.1. The number of nitrogens with two attached hydrogens (primary N) is 1. The van der Waals surface area contributed by atoms with Crippen molar-refractivity contribution in [3.8, 4) is 0 Å². The first-order chi connectivity index (χ1) is 13.2. The summed E-state index contributed by atoms with van der Waals surface area (Å²) in [7, 11) is 1.64. The third-order valence-electron chi connectivity index (χ3n) is 3.94. The number of nitrogens with zero attached hydrogens (tertiary/aromatic N) is 2. The highest BCUT2D eigenvalue weighted by atomic mass is 32.2. The van der Waals surface area contributed by atoms with Crippen LogP contribution in [-0.2, 0) is 4.74 Å². The third kappa shape index (κ3) is 5.09. The van der Waals surface area contributed by atoms with Gasteiger partial charge in [0.25, 0.3) is 0 Å². The number of benzene rings is 2. The first kappa shape index (κ1) is 18.9. The second kappa shape index (κ2) is 9.21. The molecule has 0 fully saturated rings. The molecule has 3 rings (SSSR count). The Hall–Kier alpha value is -2.83. The molecule has 0 aliphatic carbocycles. The Labute approximate surface area is 163 Å². The lowest BCUT2D eigenvalue weighted by Gasteiger charge is -2.15. The molecule has 0 spiro atoms. The van der Waals surface area contributed by atoms with Crippen LogP contribution in [0.25, 0.3) is 0 Å². The Balaban J connectivity index is 1.90. The lowest BCUT2D eigenvalue weighted by Crippen LogP contribution is -2.33. The van der Waals surface area contributed by atoms with Gasteiger partial charge in [-0.05, 0) is 29.8 Å². The summed E-state index contributed by atoms with van der Waals surface area (Å²) >= 11 is 1.61. The number of pyridine rings is 1. The fourth-order valence-electron chi connectivity index (χ4n) is 2.62. The summed E-state index contributed by atoms with van der Waals surface area (Å²) in [5, 5.41) is 8.19. The van der Waals surface area contributed by atoms with E-state index in [-0.39, 0.29) is 17.5 Å². The van der Waals surface area contributed by atoms with E-state index in [2.05, 4.69) is 4.99 Å². The van der Waals surface area contributed by atoms with Gasteiger partial charge in [-0.25, -0.2) is 4.99 Å². The summed E-state index contributed by atoms with van der Waals surface area (Å²) in [6.45, 7) is 0.414. The van der Waals surface area contributed by atoms with E-state index in [1.807, 2.05) is 72.9 Å². The minimum atomic E-state index is -0.228. The van der Waals surface area contributed by atoms with Gasteiger partial charge in [0, 0.05) is 23.1 Å². The molecule has 1 atom stereocenters. The van der Waals surface area contributed by atoms with Gasteiger partial charge in [0.2, 0.25) is 5.96 Å². The Morgan fingerprint density at radius 3 is 2.37 bits per heavy atom. The number of hydrogen-bond donors (Lipinski definition) is 2. The van der Waals surface area contributed by atoms with Crippen LogP contribution in [0.1, 0.15) is 11.6 Å². The molecule has 0 radical (unpaired) electrons. The summed E-state index contributed by atoms with van der Waals surface area (Å²) in [4.78, 5) is 6.73. The van der Waals surface area contributed by atoms with E-state index in [9.17, 15) is 0 Å². The SMILES string of the molecule is COCC(N=C(N)n1cc(Sc2ccccc2)ccc1=N)c1ccccc1. The third-order valence-corrected chi connectivity index (χ3v) is 4.93.